The van der Waals surface area contributed by atoms with Crippen LogP contribution in [0.3, 0.4) is 0 Å². The zero-order valence-corrected chi connectivity index (χ0v) is 18.4. The molecule has 3 aromatic rings. The van der Waals surface area contributed by atoms with E-state index in [1.54, 1.807) is 0 Å². The fourth-order valence-corrected chi connectivity index (χ4v) is 4.95. The van der Waals surface area contributed by atoms with Gasteiger partial charge in [0.25, 0.3) is 5.91 Å². The average molecular weight is 439 g/mol. The molecule has 166 valence electrons. The smallest absolute Gasteiger partial charge is 0.319 e. The lowest BCUT2D eigenvalue weighted by molar-refractivity contribution is -0.131. The van der Waals surface area contributed by atoms with E-state index in [0.29, 0.717) is 17.5 Å². The second-order valence-corrected chi connectivity index (χ2v) is 8.87. The van der Waals surface area contributed by atoms with Crippen molar-refractivity contribution in [1.82, 2.24) is 10.2 Å². The summed E-state index contributed by atoms with van der Waals surface area (Å²) >= 11 is 0. The standard InChI is InChI=1S/C28H26N2O3/c31-25(23-16-15-21-11-7-8-12-22(21)17-23)19-30-26(32)28(29-27(30)33,24-13-5-2-6-14-24)18-20-9-3-1-4-10-20/h1-6,9-10,13-17H,7-8,11-12,18-19H2,(H,29,33). The lowest BCUT2D eigenvalue weighted by Gasteiger charge is -2.27. The first-order chi connectivity index (χ1) is 16.1. The molecule has 1 heterocycles. The maximum Gasteiger partial charge on any atom is 0.325 e. The van der Waals surface area contributed by atoms with Crippen LogP contribution in [-0.2, 0) is 29.6 Å². The lowest BCUT2D eigenvalue weighted by atomic mass is 9.83. The number of fused-ring (bicyclic) bond motifs is 1. The molecule has 5 nitrogen and oxygen atoms in total. The van der Waals surface area contributed by atoms with Gasteiger partial charge in [-0.25, -0.2) is 4.79 Å². The number of imide groups is 1. The Balaban J connectivity index is 1.44. The van der Waals surface area contributed by atoms with Crippen molar-refractivity contribution in [3.05, 3.63) is 107 Å². The van der Waals surface area contributed by atoms with E-state index >= 15 is 0 Å². The summed E-state index contributed by atoms with van der Waals surface area (Å²) in [7, 11) is 0. The number of ketones is 1. The molecule has 1 unspecified atom stereocenters. The van der Waals surface area contributed by atoms with Crippen LogP contribution in [0.4, 0.5) is 4.79 Å². The van der Waals surface area contributed by atoms with Gasteiger partial charge in [0.2, 0.25) is 0 Å². The number of benzene rings is 3. The first-order valence-corrected chi connectivity index (χ1v) is 11.5. The van der Waals surface area contributed by atoms with E-state index in [0.717, 1.165) is 29.7 Å². The first-order valence-electron chi connectivity index (χ1n) is 11.5. The number of carbonyl (C=O) groups excluding carboxylic acids is 3. The molecular weight excluding hydrogens is 412 g/mol. The molecule has 5 heteroatoms. The maximum absolute atomic E-state index is 13.7. The Labute approximate surface area is 193 Å². The van der Waals surface area contributed by atoms with Gasteiger partial charge in [-0.15, -0.1) is 0 Å². The summed E-state index contributed by atoms with van der Waals surface area (Å²) in [5.74, 6) is -0.621. The topological polar surface area (TPSA) is 66.5 Å². The Kier molecular flexibility index (Phi) is 5.55. The lowest BCUT2D eigenvalue weighted by Crippen LogP contribution is -2.46. The van der Waals surface area contributed by atoms with Crippen molar-refractivity contribution in [1.29, 1.82) is 0 Å². The summed E-state index contributed by atoms with van der Waals surface area (Å²) in [4.78, 5) is 40.9. The highest BCUT2D eigenvalue weighted by Crippen LogP contribution is 2.33. The van der Waals surface area contributed by atoms with Crippen LogP contribution in [0, 0.1) is 0 Å². The van der Waals surface area contributed by atoms with Crippen molar-refractivity contribution < 1.29 is 14.4 Å². The SMILES string of the molecule is O=C(CN1C(=O)NC(Cc2ccccc2)(c2ccccc2)C1=O)c1ccc2c(c1)CCCC2. The highest BCUT2D eigenvalue weighted by Gasteiger charge is 2.52. The molecule has 0 saturated carbocycles. The van der Waals surface area contributed by atoms with Crippen molar-refractivity contribution in [3.8, 4) is 0 Å². The van der Waals surface area contributed by atoms with Gasteiger partial charge in [-0.3, -0.25) is 14.5 Å². The van der Waals surface area contributed by atoms with Gasteiger partial charge in [-0.05, 0) is 54.0 Å². The van der Waals surface area contributed by atoms with Gasteiger partial charge in [-0.1, -0.05) is 72.8 Å². The minimum atomic E-state index is -1.24. The fourth-order valence-electron chi connectivity index (χ4n) is 4.95. The molecule has 1 atom stereocenters. The van der Waals surface area contributed by atoms with Crippen molar-refractivity contribution in [2.45, 2.75) is 37.6 Å². The first kappa shape index (κ1) is 21.1. The van der Waals surface area contributed by atoms with E-state index in [2.05, 4.69) is 5.32 Å². The number of urea groups is 1. The van der Waals surface area contributed by atoms with Crippen molar-refractivity contribution in [3.63, 3.8) is 0 Å². The van der Waals surface area contributed by atoms with Crippen molar-refractivity contribution >= 4 is 17.7 Å². The predicted molar refractivity (Wildman–Crippen MR) is 126 cm³/mol. The molecule has 0 radical (unpaired) electrons. The van der Waals surface area contributed by atoms with Crippen LogP contribution in [0.2, 0.25) is 0 Å². The van der Waals surface area contributed by atoms with E-state index in [9.17, 15) is 14.4 Å². The zero-order valence-electron chi connectivity index (χ0n) is 18.4. The molecule has 2 aliphatic rings. The summed E-state index contributed by atoms with van der Waals surface area (Å²) in [6.07, 6.45) is 4.61. The molecule has 1 N–H and O–H groups in total. The summed E-state index contributed by atoms with van der Waals surface area (Å²) in [6, 6.07) is 24.1. The second-order valence-electron chi connectivity index (χ2n) is 8.87. The normalized spacial score (nSPS) is 19.8. The van der Waals surface area contributed by atoms with Gasteiger partial charge in [0.05, 0.1) is 6.54 Å². The number of hydrogen-bond donors (Lipinski definition) is 1. The van der Waals surface area contributed by atoms with Gasteiger partial charge < -0.3 is 5.32 Å². The fraction of sp³-hybridized carbons (Fsp3) is 0.250. The Hall–Kier alpha value is -3.73. The molecule has 3 aromatic carbocycles. The third-order valence-electron chi connectivity index (χ3n) is 6.73. The molecule has 0 spiro atoms. The zero-order chi connectivity index (χ0) is 22.8. The minimum Gasteiger partial charge on any atom is -0.319 e. The Morgan fingerprint density at radius 1 is 0.848 bits per heavy atom. The molecule has 5 rings (SSSR count). The number of carbonyl (C=O) groups is 3. The number of hydrogen-bond acceptors (Lipinski definition) is 3. The number of Topliss-reactive ketones (excluding diaryl/α,β-unsaturated/α-hetero) is 1. The highest BCUT2D eigenvalue weighted by molar-refractivity contribution is 6.11. The largest absolute Gasteiger partial charge is 0.325 e. The number of nitrogens with one attached hydrogen (secondary N) is 1. The highest BCUT2D eigenvalue weighted by atomic mass is 16.2. The van der Waals surface area contributed by atoms with Crippen molar-refractivity contribution in [2.75, 3.05) is 6.54 Å². The van der Waals surface area contributed by atoms with E-state index < -0.39 is 17.5 Å². The van der Waals surface area contributed by atoms with Gasteiger partial charge in [0.1, 0.15) is 0 Å². The van der Waals surface area contributed by atoms with Gasteiger partial charge in [-0.2, -0.15) is 0 Å². The molecule has 0 aromatic heterocycles. The van der Waals surface area contributed by atoms with Crippen LogP contribution < -0.4 is 5.32 Å². The van der Waals surface area contributed by atoms with Gasteiger partial charge in [0.15, 0.2) is 11.3 Å². The van der Waals surface area contributed by atoms with Crippen LogP contribution in [0.5, 0.6) is 0 Å². The molecule has 1 aliphatic heterocycles. The summed E-state index contributed by atoms with van der Waals surface area (Å²) < 4.78 is 0. The Bertz CT molecular complexity index is 1210. The predicted octanol–water partition coefficient (Wildman–Crippen LogP) is 4.44. The molecule has 3 amide bonds. The van der Waals surface area contributed by atoms with Gasteiger partial charge in [0, 0.05) is 12.0 Å². The van der Waals surface area contributed by atoms with E-state index in [4.69, 9.17) is 0 Å². The number of nitrogens with zero attached hydrogens (tertiary/aromatic N) is 1. The molecule has 1 aliphatic carbocycles. The molecule has 1 saturated heterocycles. The van der Waals surface area contributed by atoms with Crippen LogP contribution in [-0.4, -0.2) is 29.2 Å². The van der Waals surface area contributed by atoms with Gasteiger partial charge >= 0.3 is 6.03 Å². The quantitative estimate of drug-likeness (QED) is 0.457. The van der Waals surface area contributed by atoms with Crippen LogP contribution in [0.25, 0.3) is 0 Å². The average Bonchev–Trinajstić information content (AvgIpc) is 3.09. The van der Waals surface area contributed by atoms with Crippen molar-refractivity contribution in [2.24, 2.45) is 0 Å². The summed E-state index contributed by atoms with van der Waals surface area (Å²) in [5.41, 5.74) is 3.44. The number of amides is 3. The monoisotopic (exact) mass is 438 g/mol. The second kappa shape index (κ2) is 8.66. The number of rotatable bonds is 6. The molecular formula is C28H26N2O3. The Morgan fingerprint density at radius 2 is 1.52 bits per heavy atom. The molecule has 33 heavy (non-hydrogen) atoms. The Morgan fingerprint density at radius 3 is 2.24 bits per heavy atom. The third kappa shape index (κ3) is 3.95. The number of aryl methyl sites for hydroxylation is 2. The van der Waals surface area contributed by atoms with E-state index in [1.165, 1.54) is 17.5 Å². The van der Waals surface area contributed by atoms with E-state index in [-0.39, 0.29) is 12.3 Å². The maximum atomic E-state index is 13.7. The summed E-state index contributed by atoms with van der Waals surface area (Å²) in [5, 5.41) is 2.92. The summed E-state index contributed by atoms with van der Waals surface area (Å²) in [6.45, 7) is -0.271. The van der Waals surface area contributed by atoms with E-state index in [1.807, 2.05) is 78.9 Å². The molecule has 0 bridgehead atoms. The molecule has 1 fully saturated rings. The van der Waals surface area contributed by atoms with Crippen LogP contribution in [0.15, 0.2) is 78.9 Å². The van der Waals surface area contributed by atoms with Crippen LogP contribution >= 0.6 is 0 Å². The van der Waals surface area contributed by atoms with Crippen LogP contribution in [0.1, 0.15) is 45.5 Å². The third-order valence-corrected chi connectivity index (χ3v) is 6.73. The minimum absolute atomic E-state index is 0.226.